The average molecular weight is 467 g/mol. The summed E-state index contributed by atoms with van der Waals surface area (Å²) in [5.74, 6) is 1.48. The van der Waals surface area contributed by atoms with Crippen LogP contribution in [0.3, 0.4) is 0 Å². The van der Waals surface area contributed by atoms with Gasteiger partial charge in [0, 0.05) is 47.7 Å². The first-order valence-electron chi connectivity index (χ1n) is 12.9. The Bertz CT molecular complexity index is 1280. The Labute approximate surface area is 207 Å². The van der Waals surface area contributed by atoms with Crippen LogP contribution in [0, 0.1) is 0 Å². The van der Waals surface area contributed by atoms with E-state index in [1.165, 1.54) is 24.0 Å². The molecule has 35 heavy (non-hydrogen) atoms. The molecular formula is C29H34N6. The summed E-state index contributed by atoms with van der Waals surface area (Å²) in [5.41, 5.74) is 20.0. The predicted molar refractivity (Wildman–Crippen MR) is 143 cm³/mol. The standard InChI is InChI=1S/C29H34N6/c1-18(31)28-27(34-29(35(28)14-13-30)22-15-24(16-22)32-23-10-11-23)21-8-7-20-9-12-25(33-26(20)17-21)19-5-3-2-4-6-19/h2-8,13-14,17-18,22-24,32H,9-12,15-16,30-31H2,1H3/b14-13-. The first kappa shape index (κ1) is 22.3. The number of aliphatic imine (C=N–C) groups is 1. The van der Waals surface area contributed by atoms with Crippen molar-refractivity contribution in [2.45, 2.75) is 69.5 Å². The van der Waals surface area contributed by atoms with E-state index in [9.17, 15) is 0 Å². The molecule has 5 N–H and O–H groups in total. The molecule has 0 radical (unpaired) electrons. The van der Waals surface area contributed by atoms with Crippen molar-refractivity contribution in [3.8, 4) is 11.3 Å². The van der Waals surface area contributed by atoms with Crippen LogP contribution < -0.4 is 16.8 Å². The smallest absolute Gasteiger partial charge is 0.117 e. The van der Waals surface area contributed by atoms with E-state index < -0.39 is 0 Å². The van der Waals surface area contributed by atoms with Gasteiger partial charge in [0.1, 0.15) is 5.82 Å². The number of benzene rings is 2. The summed E-state index contributed by atoms with van der Waals surface area (Å²) in [4.78, 5) is 10.3. The van der Waals surface area contributed by atoms with E-state index in [1.807, 2.05) is 19.2 Å². The number of nitrogens with two attached hydrogens (primary N) is 2. The third kappa shape index (κ3) is 4.32. The molecule has 3 aliphatic rings. The number of hydrogen-bond acceptors (Lipinski definition) is 5. The highest BCUT2D eigenvalue weighted by molar-refractivity contribution is 6.03. The zero-order valence-electron chi connectivity index (χ0n) is 20.3. The Morgan fingerprint density at radius 3 is 2.54 bits per heavy atom. The highest BCUT2D eigenvalue weighted by Crippen LogP contribution is 2.42. The van der Waals surface area contributed by atoms with Crippen LogP contribution in [0.2, 0.25) is 0 Å². The second kappa shape index (κ2) is 9.10. The van der Waals surface area contributed by atoms with Gasteiger partial charge in [-0.3, -0.25) is 4.99 Å². The van der Waals surface area contributed by atoms with Crippen LogP contribution in [0.15, 0.2) is 59.7 Å². The Balaban J connectivity index is 1.37. The van der Waals surface area contributed by atoms with Gasteiger partial charge in [0.15, 0.2) is 0 Å². The number of fused-ring (bicyclic) bond motifs is 1. The highest BCUT2D eigenvalue weighted by Gasteiger charge is 2.38. The third-order valence-electron chi connectivity index (χ3n) is 7.55. The molecular weight excluding hydrogens is 432 g/mol. The fraction of sp³-hybridized carbons (Fsp3) is 0.379. The summed E-state index contributed by atoms with van der Waals surface area (Å²) in [6, 6.07) is 18.2. The van der Waals surface area contributed by atoms with Crippen molar-refractivity contribution in [1.82, 2.24) is 14.9 Å². The van der Waals surface area contributed by atoms with Crippen molar-refractivity contribution >= 4 is 17.6 Å². The van der Waals surface area contributed by atoms with Crippen LogP contribution in [0.25, 0.3) is 17.5 Å². The molecule has 1 unspecified atom stereocenters. The summed E-state index contributed by atoms with van der Waals surface area (Å²) in [6.45, 7) is 2.02. The lowest BCUT2D eigenvalue weighted by Crippen LogP contribution is -2.41. The molecule has 6 heteroatoms. The minimum absolute atomic E-state index is 0.178. The van der Waals surface area contributed by atoms with Crippen LogP contribution in [0.5, 0.6) is 0 Å². The van der Waals surface area contributed by atoms with E-state index in [0.29, 0.717) is 12.0 Å². The summed E-state index contributed by atoms with van der Waals surface area (Å²) in [7, 11) is 0. The number of rotatable bonds is 7. The molecule has 2 aliphatic carbocycles. The second-order valence-corrected chi connectivity index (χ2v) is 10.3. The fourth-order valence-electron chi connectivity index (χ4n) is 5.51. The largest absolute Gasteiger partial charge is 0.403 e. The van der Waals surface area contributed by atoms with Crippen LogP contribution >= 0.6 is 0 Å². The van der Waals surface area contributed by atoms with E-state index in [1.54, 1.807) is 6.20 Å². The molecule has 2 fully saturated rings. The van der Waals surface area contributed by atoms with Crippen molar-refractivity contribution in [2.24, 2.45) is 16.5 Å². The van der Waals surface area contributed by atoms with E-state index in [2.05, 4.69) is 52.3 Å². The van der Waals surface area contributed by atoms with Crippen molar-refractivity contribution in [3.63, 3.8) is 0 Å². The molecule has 1 aliphatic heterocycles. The van der Waals surface area contributed by atoms with Gasteiger partial charge in [0.05, 0.1) is 17.1 Å². The van der Waals surface area contributed by atoms with Gasteiger partial charge in [0.25, 0.3) is 0 Å². The maximum absolute atomic E-state index is 6.52. The minimum Gasteiger partial charge on any atom is -0.403 e. The fourth-order valence-corrected chi connectivity index (χ4v) is 5.51. The maximum Gasteiger partial charge on any atom is 0.117 e. The molecule has 180 valence electrons. The van der Waals surface area contributed by atoms with Gasteiger partial charge in [-0.2, -0.15) is 0 Å². The normalized spacial score (nSPS) is 22.5. The topological polar surface area (TPSA) is 94.2 Å². The molecule has 2 saturated carbocycles. The lowest BCUT2D eigenvalue weighted by molar-refractivity contribution is 0.278. The Kier molecular flexibility index (Phi) is 5.78. The Morgan fingerprint density at radius 1 is 1.03 bits per heavy atom. The zero-order chi connectivity index (χ0) is 23.9. The summed E-state index contributed by atoms with van der Waals surface area (Å²) >= 11 is 0. The van der Waals surface area contributed by atoms with Crippen molar-refractivity contribution in [2.75, 3.05) is 0 Å². The van der Waals surface area contributed by atoms with Gasteiger partial charge >= 0.3 is 0 Å². The molecule has 1 atom stereocenters. The monoisotopic (exact) mass is 466 g/mol. The molecule has 0 bridgehead atoms. The van der Waals surface area contributed by atoms with Gasteiger partial charge in [-0.15, -0.1) is 0 Å². The van der Waals surface area contributed by atoms with Crippen LogP contribution in [0.4, 0.5) is 5.69 Å². The molecule has 0 spiro atoms. The summed E-state index contributed by atoms with van der Waals surface area (Å²) in [6.07, 6.45) is 10.3. The number of hydrogen-bond donors (Lipinski definition) is 3. The predicted octanol–water partition coefficient (Wildman–Crippen LogP) is 5.02. The molecule has 6 rings (SSSR count). The number of imidazole rings is 1. The van der Waals surface area contributed by atoms with Gasteiger partial charge in [-0.1, -0.05) is 42.5 Å². The lowest BCUT2D eigenvalue weighted by Gasteiger charge is -2.35. The van der Waals surface area contributed by atoms with Gasteiger partial charge < -0.3 is 21.4 Å². The van der Waals surface area contributed by atoms with Gasteiger partial charge in [-0.05, 0) is 62.6 Å². The molecule has 0 saturated heterocycles. The van der Waals surface area contributed by atoms with Crippen molar-refractivity contribution in [3.05, 3.63) is 77.4 Å². The van der Waals surface area contributed by atoms with Gasteiger partial charge in [0.2, 0.25) is 0 Å². The molecule has 1 aromatic heterocycles. The third-order valence-corrected chi connectivity index (χ3v) is 7.55. The lowest BCUT2D eigenvalue weighted by atomic mass is 9.79. The van der Waals surface area contributed by atoms with E-state index >= 15 is 0 Å². The van der Waals surface area contributed by atoms with E-state index in [-0.39, 0.29) is 6.04 Å². The van der Waals surface area contributed by atoms with Crippen LogP contribution in [-0.4, -0.2) is 27.3 Å². The van der Waals surface area contributed by atoms with Crippen LogP contribution in [0.1, 0.15) is 73.6 Å². The van der Waals surface area contributed by atoms with E-state index in [4.69, 9.17) is 21.4 Å². The highest BCUT2D eigenvalue weighted by atomic mass is 15.1. The maximum atomic E-state index is 6.52. The van der Waals surface area contributed by atoms with Gasteiger partial charge in [-0.25, -0.2) is 4.98 Å². The van der Waals surface area contributed by atoms with E-state index in [0.717, 1.165) is 65.9 Å². The molecule has 6 nitrogen and oxygen atoms in total. The average Bonchev–Trinajstić information content (AvgIpc) is 3.60. The van der Waals surface area contributed by atoms with Crippen molar-refractivity contribution in [1.29, 1.82) is 0 Å². The number of aryl methyl sites for hydroxylation is 1. The molecule has 2 aromatic carbocycles. The number of nitrogens with one attached hydrogen (secondary N) is 1. The van der Waals surface area contributed by atoms with Crippen LogP contribution in [-0.2, 0) is 6.42 Å². The minimum atomic E-state index is -0.178. The molecule has 3 aromatic rings. The number of aromatic nitrogens is 2. The molecule has 0 amide bonds. The molecule has 2 heterocycles. The Morgan fingerprint density at radius 2 is 1.83 bits per heavy atom. The SMILES string of the molecule is CC(N)c1c(-c2ccc3c(c2)N=C(c2ccccc2)CC3)nc(C2CC(NC3CC3)C2)n1/C=C\N. The second-order valence-electron chi connectivity index (χ2n) is 10.3. The zero-order valence-corrected chi connectivity index (χ0v) is 20.3. The summed E-state index contributed by atoms with van der Waals surface area (Å²) in [5, 5.41) is 3.75. The number of nitrogens with zero attached hydrogens (tertiary/aromatic N) is 3. The van der Waals surface area contributed by atoms with Crippen molar-refractivity contribution < 1.29 is 0 Å². The Hall–Kier alpha value is -3.22. The summed E-state index contributed by atoms with van der Waals surface area (Å²) < 4.78 is 2.14. The quantitative estimate of drug-likeness (QED) is 0.456. The first-order chi connectivity index (χ1) is 17.1. The first-order valence-corrected chi connectivity index (χ1v) is 12.9.